The summed E-state index contributed by atoms with van der Waals surface area (Å²) < 4.78 is 15.8. The van der Waals surface area contributed by atoms with E-state index in [0.29, 0.717) is 11.5 Å². The summed E-state index contributed by atoms with van der Waals surface area (Å²) in [4.78, 5) is 24.0. The van der Waals surface area contributed by atoms with Gasteiger partial charge in [0.1, 0.15) is 0 Å². The summed E-state index contributed by atoms with van der Waals surface area (Å²) in [5.74, 6) is 0.791. The lowest BCUT2D eigenvalue weighted by atomic mass is 9.89. The molecule has 1 aromatic rings. The third kappa shape index (κ3) is 3.99. The van der Waals surface area contributed by atoms with Crippen LogP contribution in [0.1, 0.15) is 50.6 Å². The predicted octanol–water partition coefficient (Wildman–Crippen LogP) is 2.72. The van der Waals surface area contributed by atoms with Crippen molar-refractivity contribution in [2.45, 2.75) is 45.1 Å². The van der Waals surface area contributed by atoms with Gasteiger partial charge in [0, 0.05) is 0 Å². The van der Waals surface area contributed by atoms with E-state index >= 15 is 0 Å². The monoisotopic (exact) mass is 333 g/mol. The van der Waals surface area contributed by atoms with Gasteiger partial charge in [0.25, 0.3) is 5.91 Å². The van der Waals surface area contributed by atoms with E-state index in [1.807, 2.05) is 25.1 Å². The summed E-state index contributed by atoms with van der Waals surface area (Å²) in [5.41, 5.74) is 0.909. The lowest BCUT2D eigenvalue weighted by Gasteiger charge is -2.20. The molecule has 1 aliphatic carbocycles. The molecule has 0 aromatic heterocycles. The van der Waals surface area contributed by atoms with Crippen molar-refractivity contribution in [3.05, 3.63) is 23.8 Å². The molecule has 6 nitrogen and oxygen atoms in total. The first-order valence-corrected chi connectivity index (χ1v) is 8.49. The second-order valence-corrected chi connectivity index (χ2v) is 6.34. The Kier molecular flexibility index (Phi) is 5.23. The van der Waals surface area contributed by atoms with Crippen molar-refractivity contribution in [2.24, 2.45) is 5.92 Å². The fraction of sp³-hybridized carbons (Fsp3) is 0.556. The predicted molar refractivity (Wildman–Crippen MR) is 86.7 cm³/mol. The van der Waals surface area contributed by atoms with Crippen LogP contribution in [0.3, 0.4) is 0 Å². The van der Waals surface area contributed by atoms with E-state index in [-0.39, 0.29) is 37.2 Å². The molecule has 0 radical (unpaired) electrons. The number of ether oxygens (including phenoxy) is 3. The molecule has 0 unspecified atom stereocenters. The molecule has 130 valence electrons. The van der Waals surface area contributed by atoms with Crippen LogP contribution in [0.4, 0.5) is 0 Å². The number of benzene rings is 1. The molecule has 1 amide bonds. The van der Waals surface area contributed by atoms with Crippen molar-refractivity contribution in [1.82, 2.24) is 5.32 Å². The van der Waals surface area contributed by atoms with Gasteiger partial charge in [0.05, 0.1) is 12.0 Å². The highest BCUT2D eigenvalue weighted by Gasteiger charge is 2.23. The van der Waals surface area contributed by atoms with Crippen LogP contribution in [-0.2, 0) is 14.3 Å². The molecule has 3 rings (SSSR count). The topological polar surface area (TPSA) is 73.9 Å². The van der Waals surface area contributed by atoms with Crippen molar-refractivity contribution < 1.29 is 23.8 Å². The van der Waals surface area contributed by atoms with Gasteiger partial charge in [-0.25, -0.2) is 0 Å². The Labute approximate surface area is 141 Å². The fourth-order valence-electron chi connectivity index (χ4n) is 3.14. The third-order valence-electron chi connectivity index (χ3n) is 4.56. The Morgan fingerprint density at radius 2 is 1.96 bits per heavy atom. The molecule has 0 spiro atoms. The highest BCUT2D eigenvalue weighted by Crippen LogP contribution is 2.34. The van der Waals surface area contributed by atoms with Gasteiger partial charge < -0.3 is 19.5 Å². The van der Waals surface area contributed by atoms with Crippen molar-refractivity contribution in [1.29, 1.82) is 0 Å². The summed E-state index contributed by atoms with van der Waals surface area (Å²) in [6, 6.07) is 5.34. The number of nitrogens with one attached hydrogen (secondary N) is 1. The van der Waals surface area contributed by atoms with E-state index in [0.717, 1.165) is 31.2 Å². The van der Waals surface area contributed by atoms with Crippen molar-refractivity contribution in [3.8, 4) is 11.5 Å². The smallest absolute Gasteiger partial charge is 0.309 e. The number of carbonyl (C=O) groups excluding carboxylic acids is 2. The molecule has 24 heavy (non-hydrogen) atoms. The zero-order chi connectivity index (χ0) is 16.9. The molecule has 1 saturated carbocycles. The summed E-state index contributed by atoms with van der Waals surface area (Å²) in [5, 5.41) is 2.83. The number of hydrogen-bond donors (Lipinski definition) is 1. The second-order valence-electron chi connectivity index (χ2n) is 6.34. The van der Waals surface area contributed by atoms with Crippen molar-refractivity contribution >= 4 is 11.9 Å². The fourth-order valence-corrected chi connectivity index (χ4v) is 3.14. The molecule has 0 saturated heterocycles. The first-order chi connectivity index (χ1) is 11.6. The summed E-state index contributed by atoms with van der Waals surface area (Å²) >= 11 is 0. The number of carbonyl (C=O) groups is 2. The van der Waals surface area contributed by atoms with Crippen molar-refractivity contribution in [2.75, 3.05) is 13.4 Å². The Hall–Kier alpha value is -2.24. The van der Waals surface area contributed by atoms with Gasteiger partial charge in [-0.1, -0.05) is 25.3 Å². The molecule has 1 atom stereocenters. The molecule has 6 heteroatoms. The van der Waals surface area contributed by atoms with Crippen molar-refractivity contribution in [3.63, 3.8) is 0 Å². The lowest BCUT2D eigenvalue weighted by molar-refractivity contribution is -0.153. The first kappa shape index (κ1) is 16.6. The van der Waals surface area contributed by atoms with Crippen LogP contribution in [0.5, 0.6) is 11.5 Å². The molecule has 1 fully saturated rings. The highest BCUT2D eigenvalue weighted by atomic mass is 16.7. The molecule has 1 heterocycles. The van der Waals surface area contributed by atoms with Crippen LogP contribution in [0.25, 0.3) is 0 Å². The zero-order valence-corrected chi connectivity index (χ0v) is 13.9. The van der Waals surface area contributed by atoms with Gasteiger partial charge in [-0.05, 0) is 37.5 Å². The van der Waals surface area contributed by atoms with Gasteiger partial charge in [0.15, 0.2) is 18.1 Å². The van der Waals surface area contributed by atoms with Crippen LogP contribution >= 0.6 is 0 Å². The number of esters is 1. The van der Waals surface area contributed by atoms with Crippen LogP contribution in [-0.4, -0.2) is 25.3 Å². The van der Waals surface area contributed by atoms with Crippen LogP contribution in [0.15, 0.2) is 18.2 Å². The Morgan fingerprint density at radius 1 is 1.21 bits per heavy atom. The molecule has 1 aromatic carbocycles. The molecule has 1 N–H and O–H groups in total. The van der Waals surface area contributed by atoms with Crippen LogP contribution in [0, 0.1) is 5.92 Å². The molecular weight excluding hydrogens is 310 g/mol. The Morgan fingerprint density at radius 3 is 2.75 bits per heavy atom. The van der Waals surface area contributed by atoms with Gasteiger partial charge in [-0.2, -0.15) is 0 Å². The van der Waals surface area contributed by atoms with E-state index in [4.69, 9.17) is 14.2 Å². The Bertz CT molecular complexity index is 609. The number of hydrogen-bond acceptors (Lipinski definition) is 5. The maximum atomic E-state index is 12.0. The maximum absolute atomic E-state index is 12.0. The summed E-state index contributed by atoms with van der Waals surface area (Å²) in [6.07, 6.45) is 5.04. The van der Waals surface area contributed by atoms with E-state index < -0.39 is 0 Å². The van der Waals surface area contributed by atoms with E-state index in [1.165, 1.54) is 6.42 Å². The van der Waals surface area contributed by atoms with Gasteiger partial charge in [0.2, 0.25) is 6.79 Å². The molecule has 1 aliphatic heterocycles. The zero-order valence-electron chi connectivity index (χ0n) is 13.9. The van der Waals surface area contributed by atoms with E-state index in [9.17, 15) is 9.59 Å². The maximum Gasteiger partial charge on any atom is 0.309 e. The number of fused-ring (bicyclic) bond motifs is 1. The second kappa shape index (κ2) is 7.55. The minimum absolute atomic E-state index is 0.0437. The van der Waals surface area contributed by atoms with E-state index in [2.05, 4.69) is 5.32 Å². The first-order valence-electron chi connectivity index (χ1n) is 8.49. The average molecular weight is 333 g/mol. The molecule has 0 bridgehead atoms. The van der Waals surface area contributed by atoms with Crippen LogP contribution in [0.2, 0.25) is 0 Å². The van der Waals surface area contributed by atoms with Crippen LogP contribution < -0.4 is 14.8 Å². The quantitative estimate of drug-likeness (QED) is 0.839. The van der Waals surface area contributed by atoms with Gasteiger partial charge >= 0.3 is 5.97 Å². The minimum Gasteiger partial charge on any atom is -0.455 e. The number of amides is 1. The molecular formula is C18H23NO5. The molecule has 2 aliphatic rings. The largest absolute Gasteiger partial charge is 0.455 e. The SMILES string of the molecule is C[C@H](NC(=O)COC(=O)C1CCCCC1)c1ccc2c(c1)OCO2. The Balaban J connectivity index is 1.46. The number of rotatable bonds is 5. The summed E-state index contributed by atoms with van der Waals surface area (Å²) in [6.45, 7) is 1.86. The standard InChI is InChI=1S/C18H23NO5/c1-12(14-7-8-15-16(9-14)24-11-23-15)19-17(20)10-22-18(21)13-5-3-2-4-6-13/h7-9,12-13H,2-6,10-11H2,1H3,(H,19,20)/t12-/m0/s1. The minimum atomic E-state index is -0.302. The van der Waals surface area contributed by atoms with E-state index in [1.54, 1.807) is 0 Å². The van der Waals surface area contributed by atoms with Gasteiger partial charge in [-0.15, -0.1) is 0 Å². The third-order valence-corrected chi connectivity index (χ3v) is 4.56. The highest BCUT2D eigenvalue weighted by molar-refractivity contribution is 5.81. The average Bonchev–Trinajstić information content (AvgIpc) is 3.08. The summed E-state index contributed by atoms with van der Waals surface area (Å²) in [7, 11) is 0. The normalized spacial score (nSPS) is 18.0. The van der Waals surface area contributed by atoms with Gasteiger partial charge in [-0.3, -0.25) is 9.59 Å². The lowest BCUT2D eigenvalue weighted by Crippen LogP contribution is -2.32.